The van der Waals surface area contributed by atoms with Gasteiger partial charge in [0, 0.05) is 20.7 Å². The summed E-state index contributed by atoms with van der Waals surface area (Å²) in [6.07, 6.45) is 0.793. The van der Waals surface area contributed by atoms with Crippen LogP contribution in [0.5, 0.6) is 0 Å². The van der Waals surface area contributed by atoms with Crippen LogP contribution >= 0.6 is 11.3 Å². The highest BCUT2D eigenvalue weighted by atomic mass is 32.1. The fourth-order valence-electron chi connectivity index (χ4n) is 1.78. The number of hydrogen-bond donors (Lipinski definition) is 0. The maximum Gasteiger partial charge on any atom is 0.186 e. The van der Waals surface area contributed by atoms with E-state index in [-0.39, 0.29) is 5.82 Å². The van der Waals surface area contributed by atoms with Gasteiger partial charge in [0.25, 0.3) is 0 Å². The fourth-order valence-corrected chi connectivity index (χ4v) is 2.62. The Labute approximate surface area is 120 Å². The minimum absolute atomic E-state index is 0.253. The van der Waals surface area contributed by atoms with Crippen LogP contribution in [0.15, 0.2) is 24.3 Å². The molecule has 0 bridgehead atoms. The summed E-state index contributed by atoms with van der Waals surface area (Å²) in [4.78, 5) is 17.9. The van der Waals surface area contributed by atoms with Crippen molar-refractivity contribution in [3.63, 3.8) is 0 Å². The van der Waals surface area contributed by atoms with E-state index in [0.29, 0.717) is 23.7 Å². The van der Waals surface area contributed by atoms with Crippen LogP contribution in [-0.2, 0) is 17.9 Å². The molecular weight excluding hydrogens is 279 g/mol. The van der Waals surface area contributed by atoms with Gasteiger partial charge in [0.2, 0.25) is 0 Å². The number of thiazole rings is 1. The van der Waals surface area contributed by atoms with E-state index in [0.717, 1.165) is 17.0 Å². The lowest BCUT2D eigenvalue weighted by atomic mass is 10.2. The van der Waals surface area contributed by atoms with Crippen molar-refractivity contribution < 1.29 is 13.9 Å². The zero-order valence-corrected chi connectivity index (χ0v) is 12.1. The number of aldehydes is 1. The second-order valence-electron chi connectivity index (χ2n) is 4.34. The summed E-state index contributed by atoms with van der Waals surface area (Å²) < 4.78 is 17.9. The third-order valence-electron chi connectivity index (χ3n) is 2.76. The molecular formula is C14H15FN2O2S. The molecule has 0 N–H and O–H groups in total. The number of rotatable bonds is 6. The molecule has 0 unspecified atom stereocenters. The lowest BCUT2D eigenvalue weighted by Gasteiger charge is -2.15. The quantitative estimate of drug-likeness (QED) is 0.768. The Morgan fingerprint density at radius 2 is 2.10 bits per heavy atom. The Morgan fingerprint density at radius 3 is 2.70 bits per heavy atom. The molecule has 20 heavy (non-hydrogen) atoms. The normalized spacial score (nSPS) is 10.6. The minimum atomic E-state index is -0.253. The van der Waals surface area contributed by atoms with Crippen LogP contribution in [0.25, 0.3) is 0 Å². The molecule has 106 valence electrons. The van der Waals surface area contributed by atoms with Gasteiger partial charge in [-0.25, -0.2) is 9.37 Å². The van der Waals surface area contributed by atoms with Crippen LogP contribution in [0.4, 0.5) is 9.52 Å². The van der Waals surface area contributed by atoms with Crippen LogP contribution in [0, 0.1) is 5.82 Å². The van der Waals surface area contributed by atoms with E-state index in [4.69, 9.17) is 4.74 Å². The summed E-state index contributed by atoms with van der Waals surface area (Å²) in [6, 6.07) is 6.32. The third kappa shape index (κ3) is 3.40. The first-order valence-corrected chi connectivity index (χ1v) is 6.85. The molecule has 0 atom stereocenters. The highest BCUT2D eigenvalue weighted by molar-refractivity contribution is 7.17. The van der Waals surface area contributed by atoms with Crippen molar-refractivity contribution in [3.05, 3.63) is 46.2 Å². The summed E-state index contributed by atoms with van der Waals surface area (Å²) in [5, 5.41) is 0.739. The van der Waals surface area contributed by atoms with Crippen molar-refractivity contribution in [1.82, 2.24) is 4.98 Å². The number of halogens is 1. The molecule has 0 aliphatic rings. The maximum atomic E-state index is 12.9. The molecule has 0 radical (unpaired) electrons. The van der Waals surface area contributed by atoms with Crippen molar-refractivity contribution in [2.75, 3.05) is 19.1 Å². The van der Waals surface area contributed by atoms with Crippen LogP contribution in [0.3, 0.4) is 0 Å². The van der Waals surface area contributed by atoms with Gasteiger partial charge in [-0.3, -0.25) is 4.79 Å². The SMILES string of the molecule is COCc1nc(N(C)Cc2ccc(F)cc2)sc1C=O. The molecule has 0 amide bonds. The Hall–Kier alpha value is -1.79. The minimum Gasteiger partial charge on any atom is -0.378 e. The number of nitrogens with zero attached hydrogens (tertiary/aromatic N) is 2. The summed E-state index contributed by atoms with van der Waals surface area (Å²) in [5.41, 5.74) is 1.62. The Morgan fingerprint density at radius 1 is 1.40 bits per heavy atom. The van der Waals surface area contributed by atoms with Gasteiger partial charge in [0.05, 0.1) is 17.2 Å². The van der Waals surface area contributed by atoms with E-state index < -0.39 is 0 Å². The maximum absolute atomic E-state index is 12.9. The number of carbonyl (C=O) groups excluding carboxylic acids is 1. The van der Waals surface area contributed by atoms with Crippen LogP contribution < -0.4 is 4.90 Å². The van der Waals surface area contributed by atoms with Gasteiger partial charge < -0.3 is 9.64 Å². The molecule has 0 saturated heterocycles. The zero-order chi connectivity index (χ0) is 14.5. The van der Waals surface area contributed by atoms with E-state index >= 15 is 0 Å². The van der Waals surface area contributed by atoms with Crippen LogP contribution in [0.2, 0.25) is 0 Å². The highest BCUT2D eigenvalue weighted by Gasteiger charge is 2.13. The van der Waals surface area contributed by atoms with Crippen molar-refractivity contribution in [3.8, 4) is 0 Å². The van der Waals surface area contributed by atoms with E-state index in [1.165, 1.54) is 23.5 Å². The van der Waals surface area contributed by atoms with Gasteiger partial charge in [-0.1, -0.05) is 23.5 Å². The Balaban J connectivity index is 2.14. The van der Waals surface area contributed by atoms with Crippen molar-refractivity contribution in [2.45, 2.75) is 13.2 Å². The second-order valence-corrected chi connectivity index (χ2v) is 5.35. The van der Waals surface area contributed by atoms with E-state index in [2.05, 4.69) is 4.98 Å². The van der Waals surface area contributed by atoms with Crippen molar-refractivity contribution in [2.24, 2.45) is 0 Å². The van der Waals surface area contributed by atoms with Crippen molar-refractivity contribution in [1.29, 1.82) is 0 Å². The van der Waals surface area contributed by atoms with E-state index in [1.54, 1.807) is 19.2 Å². The second kappa shape index (κ2) is 6.58. The largest absolute Gasteiger partial charge is 0.378 e. The molecule has 2 rings (SSSR count). The molecule has 1 aromatic carbocycles. The van der Waals surface area contributed by atoms with Gasteiger partial charge in [-0.2, -0.15) is 0 Å². The zero-order valence-electron chi connectivity index (χ0n) is 11.3. The average molecular weight is 294 g/mol. The number of ether oxygens (including phenoxy) is 1. The topological polar surface area (TPSA) is 42.4 Å². The number of anilines is 1. The van der Waals surface area contributed by atoms with Crippen LogP contribution in [0.1, 0.15) is 20.9 Å². The highest BCUT2D eigenvalue weighted by Crippen LogP contribution is 2.26. The molecule has 2 aromatic rings. The third-order valence-corrected chi connectivity index (χ3v) is 3.90. The van der Waals surface area contributed by atoms with E-state index in [1.807, 2.05) is 11.9 Å². The fraction of sp³-hybridized carbons (Fsp3) is 0.286. The molecule has 0 aliphatic heterocycles. The number of aromatic nitrogens is 1. The average Bonchev–Trinajstić information content (AvgIpc) is 2.85. The molecule has 1 aromatic heterocycles. The first-order chi connectivity index (χ1) is 9.63. The van der Waals surface area contributed by atoms with Gasteiger partial charge >= 0.3 is 0 Å². The standard InChI is InChI=1S/C14H15FN2O2S/c1-17(7-10-3-5-11(15)6-4-10)14-16-12(9-19-2)13(8-18)20-14/h3-6,8H,7,9H2,1-2H3. The predicted octanol–water partition coefficient (Wildman–Crippen LogP) is 2.88. The molecule has 0 fully saturated rings. The number of benzene rings is 1. The van der Waals surface area contributed by atoms with Gasteiger partial charge in [0.1, 0.15) is 5.82 Å². The molecule has 6 heteroatoms. The lowest BCUT2D eigenvalue weighted by Crippen LogP contribution is -2.16. The van der Waals surface area contributed by atoms with Crippen molar-refractivity contribution >= 4 is 22.8 Å². The lowest BCUT2D eigenvalue weighted by molar-refractivity contribution is 0.112. The van der Waals surface area contributed by atoms with Gasteiger partial charge in [0.15, 0.2) is 11.4 Å². The molecule has 0 spiro atoms. The van der Waals surface area contributed by atoms with E-state index in [9.17, 15) is 9.18 Å². The van der Waals surface area contributed by atoms with Gasteiger partial charge in [-0.15, -0.1) is 0 Å². The summed E-state index contributed by atoms with van der Waals surface area (Å²) in [5.74, 6) is -0.253. The molecule has 4 nitrogen and oxygen atoms in total. The van der Waals surface area contributed by atoms with Gasteiger partial charge in [-0.05, 0) is 17.7 Å². The first-order valence-electron chi connectivity index (χ1n) is 6.03. The smallest absolute Gasteiger partial charge is 0.186 e. The van der Waals surface area contributed by atoms with Crippen LogP contribution in [-0.4, -0.2) is 25.4 Å². The summed E-state index contributed by atoms with van der Waals surface area (Å²) >= 11 is 1.32. The number of hydrogen-bond acceptors (Lipinski definition) is 5. The molecule has 0 aliphatic carbocycles. The monoisotopic (exact) mass is 294 g/mol. The molecule has 0 saturated carbocycles. The number of methoxy groups -OCH3 is 1. The Kier molecular flexibility index (Phi) is 4.81. The molecule has 1 heterocycles. The summed E-state index contributed by atoms with van der Waals surface area (Å²) in [6.45, 7) is 0.910. The summed E-state index contributed by atoms with van der Waals surface area (Å²) in [7, 11) is 3.45. The Bertz CT molecular complexity index is 583. The first kappa shape index (κ1) is 14.6. The predicted molar refractivity (Wildman–Crippen MR) is 76.7 cm³/mol. The number of carbonyl (C=O) groups is 1.